The number of H-pyrrole nitrogens is 1. The van der Waals surface area contributed by atoms with E-state index in [0.29, 0.717) is 34.7 Å². The van der Waals surface area contributed by atoms with Crippen LogP contribution >= 0.6 is 0 Å². The summed E-state index contributed by atoms with van der Waals surface area (Å²) in [5, 5.41) is 10.9. The van der Waals surface area contributed by atoms with Gasteiger partial charge in [-0.15, -0.1) is 0 Å². The normalized spacial score (nSPS) is 11.7. The topological polar surface area (TPSA) is 98.3 Å². The molecule has 0 fully saturated rings. The van der Waals surface area contributed by atoms with Crippen LogP contribution in [0.25, 0.3) is 22.4 Å². The summed E-state index contributed by atoms with van der Waals surface area (Å²) in [5.74, 6) is 0.307. The molecule has 0 amide bonds. The summed E-state index contributed by atoms with van der Waals surface area (Å²) in [4.78, 5) is 8.34. The van der Waals surface area contributed by atoms with Gasteiger partial charge in [-0.25, -0.2) is 9.97 Å². The van der Waals surface area contributed by atoms with Crippen LogP contribution in [-0.4, -0.2) is 29.9 Å². The lowest BCUT2D eigenvalue weighted by atomic mass is 10.0. The largest absolute Gasteiger partial charge is 0.416 e. The van der Waals surface area contributed by atoms with Crippen LogP contribution in [0.15, 0.2) is 55.4 Å². The summed E-state index contributed by atoms with van der Waals surface area (Å²) in [6.45, 7) is 0.319. The fraction of sp³-hybridized carbons (Fsp3) is 0.111. The number of alkyl halides is 3. The molecule has 0 unspecified atom stereocenters. The Hall–Kier alpha value is -3.69. The summed E-state index contributed by atoms with van der Waals surface area (Å²) < 4.78 is 39.7. The van der Waals surface area contributed by atoms with Crippen molar-refractivity contribution in [1.82, 2.24) is 29.9 Å². The molecular formula is C18H14F3N7. The molecule has 0 aliphatic carbocycles. The first-order valence-electron chi connectivity index (χ1n) is 8.20. The number of nitrogen functional groups attached to an aromatic ring is 1. The van der Waals surface area contributed by atoms with Gasteiger partial charge in [-0.2, -0.15) is 23.4 Å². The molecule has 0 saturated carbocycles. The number of aromatic amines is 1. The monoisotopic (exact) mass is 385 g/mol. The van der Waals surface area contributed by atoms with E-state index in [-0.39, 0.29) is 0 Å². The van der Waals surface area contributed by atoms with E-state index >= 15 is 0 Å². The van der Waals surface area contributed by atoms with Crippen molar-refractivity contribution < 1.29 is 13.2 Å². The zero-order chi connectivity index (χ0) is 19.7. The number of anilines is 1. The number of nitrogens with one attached hydrogen (secondary N) is 1. The van der Waals surface area contributed by atoms with E-state index in [9.17, 15) is 13.2 Å². The fourth-order valence-electron chi connectivity index (χ4n) is 2.85. The number of aromatic nitrogens is 6. The predicted octanol–water partition coefficient (Wildman–Crippen LogP) is 3.38. The highest BCUT2D eigenvalue weighted by molar-refractivity contribution is 5.86. The van der Waals surface area contributed by atoms with Gasteiger partial charge in [0.1, 0.15) is 12.1 Å². The molecule has 3 N–H and O–H groups in total. The van der Waals surface area contributed by atoms with Crippen LogP contribution in [0.2, 0.25) is 0 Å². The van der Waals surface area contributed by atoms with Gasteiger partial charge < -0.3 is 5.73 Å². The minimum absolute atomic E-state index is 0.307. The Morgan fingerprint density at radius 2 is 1.82 bits per heavy atom. The Morgan fingerprint density at radius 3 is 2.50 bits per heavy atom. The second kappa shape index (κ2) is 6.80. The molecule has 0 aliphatic rings. The Morgan fingerprint density at radius 1 is 1.04 bits per heavy atom. The second-order valence-corrected chi connectivity index (χ2v) is 6.09. The number of benzene rings is 1. The number of halogens is 3. The van der Waals surface area contributed by atoms with Crippen molar-refractivity contribution in [3.05, 3.63) is 66.5 Å². The van der Waals surface area contributed by atoms with Crippen LogP contribution in [-0.2, 0) is 12.7 Å². The molecule has 0 atom stereocenters. The lowest BCUT2D eigenvalue weighted by Gasteiger charge is -2.08. The van der Waals surface area contributed by atoms with E-state index in [1.165, 1.54) is 18.5 Å². The zero-order valence-electron chi connectivity index (χ0n) is 14.4. The van der Waals surface area contributed by atoms with Crippen LogP contribution in [0.5, 0.6) is 0 Å². The molecule has 0 radical (unpaired) electrons. The van der Waals surface area contributed by atoms with Gasteiger partial charge in [0.25, 0.3) is 0 Å². The summed E-state index contributed by atoms with van der Waals surface area (Å²) in [6.07, 6.45) is 3.68. The van der Waals surface area contributed by atoms with Crippen LogP contribution in [0.3, 0.4) is 0 Å². The molecule has 7 nitrogen and oxygen atoms in total. The smallest absolute Gasteiger partial charge is 0.383 e. The molecule has 10 heteroatoms. The summed E-state index contributed by atoms with van der Waals surface area (Å²) >= 11 is 0. The van der Waals surface area contributed by atoms with Crippen LogP contribution in [0, 0.1) is 0 Å². The van der Waals surface area contributed by atoms with Crippen molar-refractivity contribution in [2.45, 2.75) is 12.7 Å². The Kier molecular flexibility index (Phi) is 4.30. The number of nitrogens with zero attached hydrogens (tertiary/aromatic N) is 5. The van der Waals surface area contributed by atoms with Crippen molar-refractivity contribution in [3.8, 4) is 22.4 Å². The average molecular weight is 385 g/mol. The van der Waals surface area contributed by atoms with Crippen molar-refractivity contribution >= 4 is 5.82 Å². The highest BCUT2D eigenvalue weighted by Crippen LogP contribution is 2.33. The first-order chi connectivity index (χ1) is 13.4. The van der Waals surface area contributed by atoms with Crippen molar-refractivity contribution in [2.24, 2.45) is 0 Å². The van der Waals surface area contributed by atoms with Crippen LogP contribution in [0.1, 0.15) is 11.1 Å². The van der Waals surface area contributed by atoms with Crippen molar-refractivity contribution in [1.29, 1.82) is 0 Å². The van der Waals surface area contributed by atoms with Gasteiger partial charge in [-0.1, -0.05) is 12.1 Å². The van der Waals surface area contributed by atoms with Gasteiger partial charge in [-0.3, -0.25) is 9.78 Å². The molecule has 1 aromatic carbocycles. The predicted molar refractivity (Wildman–Crippen MR) is 95.8 cm³/mol. The van der Waals surface area contributed by atoms with Gasteiger partial charge in [0, 0.05) is 23.5 Å². The Labute approximate surface area is 157 Å². The van der Waals surface area contributed by atoms with E-state index < -0.39 is 11.7 Å². The van der Waals surface area contributed by atoms with E-state index in [1.54, 1.807) is 29.5 Å². The maximum absolute atomic E-state index is 12.7. The summed E-state index contributed by atoms with van der Waals surface area (Å²) in [5.41, 5.74) is 8.70. The zero-order valence-corrected chi connectivity index (χ0v) is 14.4. The van der Waals surface area contributed by atoms with Gasteiger partial charge >= 0.3 is 6.18 Å². The molecule has 4 rings (SSSR count). The van der Waals surface area contributed by atoms with E-state index in [1.807, 2.05) is 0 Å². The summed E-state index contributed by atoms with van der Waals surface area (Å²) in [6, 6.07) is 4.98. The summed E-state index contributed by atoms with van der Waals surface area (Å²) in [7, 11) is 0. The van der Waals surface area contributed by atoms with Gasteiger partial charge in [-0.05, 0) is 17.7 Å². The average Bonchev–Trinajstić information content (AvgIpc) is 3.33. The molecule has 142 valence electrons. The van der Waals surface area contributed by atoms with Crippen molar-refractivity contribution in [2.75, 3.05) is 5.73 Å². The third kappa shape index (κ3) is 3.43. The molecule has 0 spiro atoms. The highest BCUT2D eigenvalue weighted by atomic mass is 19.4. The molecule has 3 aromatic heterocycles. The van der Waals surface area contributed by atoms with Gasteiger partial charge in [0.15, 0.2) is 0 Å². The maximum atomic E-state index is 12.7. The quantitative estimate of drug-likeness (QED) is 0.561. The van der Waals surface area contributed by atoms with Gasteiger partial charge in [0.05, 0.1) is 35.8 Å². The first-order valence-corrected chi connectivity index (χ1v) is 8.20. The fourth-order valence-corrected chi connectivity index (χ4v) is 2.85. The van der Waals surface area contributed by atoms with Crippen LogP contribution in [0.4, 0.5) is 19.0 Å². The number of hydrogen-bond acceptors (Lipinski definition) is 5. The first kappa shape index (κ1) is 17.7. The number of nitrogens with two attached hydrogens (primary N) is 1. The third-order valence-electron chi connectivity index (χ3n) is 4.20. The molecule has 0 bridgehead atoms. The third-order valence-corrected chi connectivity index (χ3v) is 4.20. The molecule has 3 heterocycles. The molecule has 0 saturated heterocycles. The van der Waals surface area contributed by atoms with E-state index in [0.717, 1.165) is 17.7 Å². The number of rotatable bonds is 4. The lowest BCUT2D eigenvalue weighted by Crippen LogP contribution is -2.05. The van der Waals surface area contributed by atoms with E-state index in [2.05, 4.69) is 25.3 Å². The maximum Gasteiger partial charge on any atom is 0.416 e. The SMILES string of the molecule is Nc1ncnc(-c2cnn(Cc3ccc(C(F)(F)F)cc3)c2)c1-c1cn[nH]c1. The highest BCUT2D eigenvalue weighted by Gasteiger charge is 2.29. The standard InChI is InChI=1S/C18H14F3N7/c19-18(20,21)14-3-1-11(2-4-14)8-28-9-13(7-27-28)16-15(12-5-25-26-6-12)17(22)24-10-23-16/h1-7,9-10H,8H2,(H,25,26)(H2,22,23,24). The molecular weight excluding hydrogens is 371 g/mol. The minimum Gasteiger partial charge on any atom is -0.383 e. The second-order valence-electron chi connectivity index (χ2n) is 6.09. The Balaban J connectivity index is 1.62. The molecule has 4 aromatic rings. The lowest BCUT2D eigenvalue weighted by molar-refractivity contribution is -0.137. The molecule has 28 heavy (non-hydrogen) atoms. The minimum atomic E-state index is -4.35. The Bertz CT molecular complexity index is 1080. The van der Waals surface area contributed by atoms with Crippen LogP contribution < -0.4 is 5.73 Å². The molecule has 0 aliphatic heterocycles. The van der Waals surface area contributed by atoms with Gasteiger partial charge in [0.2, 0.25) is 0 Å². The van der Waals surface area contributed by atoms with Crippen molar-refractivity contribution in [3.63, 3.8) is 0 Å². The van der Waals surface area contributed by atoms with E-state index in [4.69, 9.17) is 5.73 Å². The number of hydrogen-bond donors (Lipinski definition) is 2.